The number of nitrogens with zero attached hydrogens (tertiary/aromatic N) is 2. The fourth-order valence-corrected chi connectivity index (χ4v) is 4.13. The number of carbonyl (C=O) groups excluding carboxylic acids is 3. The number of ether oxygens (including phenoxy) is 1. The Bertz CT molecular complexity index is 1130. The molecule has 1 aromatic heterocycles. The van der Waals surface area contributed by atoms with Gasteiger partial charge in [-0.05, 0) is 24.5 Å². The van der Waals surface area contributed by atoms with Gasteiger partial charge in [-0.25, -0.2) is 14.2 Å². The van der Waals surface area contributed by atoms with E-state index in [1.165, 1.54) is 18.2 Å². The van der Waals surface area contributed by atoms with E-state index in [-0.39, 0.29) is 49.7 Å². The SMILES string of the molecule is COC(=O)N1C[C@H](NC(=O)[C@@H]2C[C@H](F)CN2)C[C@@H]1CNC(=O)c1ncc(C#Cc2ccccc2)o1. The minimum atomic E-state index is -1.05. The van der Waals surface area contributed by atoms with Gasteiger partial charge < -0.3 is 30.0 Å². The molecule has 2 aromatic rings. The van der Waals surface area contributed by atoms with Crippen molar-refractivity contribution in [3.63, 3.8) is 0 Å². The number of hydrogen-bond donors (Lipinski definition) is 3. The Hall–Kier alpha value is -3.91. The molecule has 11 heteroatoms. The second-order valence-electron chi connectivity index (χ2n) is 8.37. The quantitative estimate of drug-likeness (QED) is 0.538. The van der Waals surface area contributed by atoms with Crippen LogP contribution in [0.3, 0.4) is 0 Å². The van der Waals surface area contributed by atoms with Crippen LogP contribution in [0.2, 0.25) is 0 Å². The van der Waals surface area contributed by atoms with Gasteiger partial charge in [-0.3, -0.25) is 9.59 Å². The van der Waals surface area contributed by atoms with Crippen LogP contribution in [0, 0.1) is 11.8 Å². The molecule has 1 aromatic carbocycles. The van der Waals surface area contributed by atoms with Gasteiger partial charge in [0, 0.05) is 37.7 Å². The number of nitrogens with one attached hydrogen (secondary N) is 3. The van der Waals surface area contributed by atoms with Crippen molar-refractivity contribution in [3.8, 4) is 11.8 Å². The number of aromatic nitrogens is 1. The average Bonchev–Trinajstić information content (AvgIpc) is 3.61. The highest BCUT2D eigenvalue weighted by molar-refractivity contribution is 5.89. The summed E-state index contributed by atoms with van der Waals surface area (Å²) in [5, 5.41) is 8.40. The third-order valence-electron chi connectivity index (χ3n) is 5.87. The summed E-state index contributed by atoms with van der Waals surface area (Å²) in [6, 6.07) is 7.94. The zero-order valence-electron chi connectivity index (χ0n) is 19.1. The lowest BCUT2D eigenvalue weighted by atomic mass is 10.1. The van der Waals surface area contributed by atoms with Crippen molar-refractivity contribution in [2.45, 2.75) is 37.1 Å². The minimum absolute atomic E-state index is 0.0992. The highest BCUT2D eigenvalue weighted by Gasteiger charge is 2.38. The fourth-order valence-electron chi connectivity index (χ4n) is 4.13. The molecule has 0 saturated carbocycles. The number of hydrogen-bond acceptors (Lipinski definition) is 7. The third-order valence-corrected chi connectivity index (χ3v) is 5.87. The lowest BCUT2D eigenvalue weighted by Crippen LogP contribution is -2.46. The second-order valence-corrected chi connectivity index (χ2v) is 8.37. The van der Waals surface area contributed by atoms with E-state index < -0.39 is 30.3 Å². The van der Waals surface area contributed by atoms with Crippen LogP contribution < -0.4 is 16.0 Å². The molecule has 3 N–H and O–H groups in total. The number of carbonyl (C=O) groups is 3. The van der Waals surface area contributed by atoms with E-state index in [2.05, 4.69) is 32.8 Å². The molecule has 184 valence electrons. The number of benzene rings is 1. The number of alkyl halides is 1. The van der Waals surface area contributed by atoms with Gasteiger partial charge in [0.15, 0.2) is 5.76 Å². The van der Waals surface area contributed by atoms with E-state index in [4.69, 9.17) is 9.15 Å². The van der Waals surface area contributed by atoms with Crippen molar-refractivity contribution in [3.05, 3.63) is 53.7 Å². The van der Waals surface area contributed by atoms with E-state index in [9.17, 15) is 18.8 Å². The predicted octanol–water partition coefficient (Wildman–Crippen LogP) is 0.830. The molecule has 0 spiro atoms. The second kappa shape index (κ2) is 11.0. The van der Waals surface area contributed by atoms with Crippen LogP contribution in [0.1, 0.15) is 34.9 Å². The van der Waals surface area contributed by atoms with Crippen LogP contribution in [0.15, 0.2) is 40.9 Å². The molecule has 3 amide bonds. The van der Waals surface area contributed by atoms with E-state index >= 15 is 0 Å². The van der Waals surface area contributed by atoms with Gasteiger partial charge in [0.2, 0.25) is 5.91 Å². The lowest BCUT2D eigenvalue weighted by molar-refractivity contribution is -0.123. The Morgan fingerprint density at radius 3 is 2.77 bits per heavy atom. The van der Waals surface area contributed by atoms with Gasteiger partial charge in [-0.2, -0.15) is 0 Å². The summed E-state index contributed by atoms with van der Waals surface area (Å²) in [6.45, 7) is 0.455. The molecule has 2 aliphatic heterocycles. The number of oxazole rings is 1. The van der Waals surface area contributed by atoms with Gasteiger partial charge in [0.05, 0.1) is 25.4 Å². The Balaban J connectivity index is 1.33. The molecule has 2 aliphatic rings. The van der Waals surface area contributed by atoms with Gasteiger partial charge in [0.25, 0.3) is 5.89 Å². The Morgan fingerprint density at radius 2 is 2.06 bits per heavy atom. The highest BCUT2D eigenvalue weighted by Crippen LogP contribution is 2.20. The summed E-state index contributed by atoms with van der Waals surface area (Å²) >= 11 is 0. The first kappa shape index (κ1) is 24.2. The van der Waals surface area contributed by atoms with Crippen molar-refractivity contribution in [2.75, 3.05) is 26.7 Å². The molecule has 4 atom stereocenters. The molecular weight excluding hydrogens is 457 g/mol. The Kier molecular flexibility index (Phi) is 7.62. The predicted molar refractivity (Wildman–Crippen MR) is 122 cm³/mol. The van der Waals surface area contributed by atoms with E-state index in [0.29, 0.717) is 6.42 Å². The summed E-state index contributed by atoms with van der Waals surface area (Å²) in [5.74, 6) is 4.97. The van der Waals surface area contributed by atoms with Crippen molar-refractivity contribution < 1.29 is 27.9 Å². The van der Waals surface area contributed by atoms with Gasteiger partial charge in [-0.15, -0.1) is 0 Å². The summed E-state index contributed by atoms with van der Waals surface area (Å²) in [7, 11) is 1.26. The van der Waals surface area contributed by atoms with Crippen LogP contribution in [0.5, 0.6) is 0 Å². The first-order valence-corrected chi connectivity index (χ1v) is 11.3. The van der Waals surface area contributed by atoms with E-state index in [0.717, 1.165) is 5.56 Å². The van der Waals surface area contributed by atoms with Crippen molar-refractivity contribution in [1.29, 1.82) is 0 Å². The van der Waals surface area contributed by atoms with Gasteiger partial charge >= 0.3 is 12.0 Å². The molecule has 0 bridgehead atoms. The van der Waals surface area contributed by atoms with Crippen molar-refractivity contribution in [2.24, 2.45) is 0 Å². The first-order chi connectivity index (χ1) is 16.9. The van der Waals surface area contributed by atoms with Crippen LogP contribution >= 0.6 is 0 Å². The van der Waals surface area contributed by atoms with E-state index in [1.807, 2.05) is 30.3 Å². The summed E-state index contributed by atoms with van der Waals surface area (Å²) in [6.07, 6.45) is 0.257. The molecule has 10 nitrogen and oxygen atoms in total. The number of likely N-dealkylation sites (tertiary alicyclic amines) is 1. The standard InChI is InChI=1S/C24H26FN5O5/c1-34-24(33)30-14-17(29-21(31)20-9-16(25)11-26-20)10-18(30)12-27-22(32)23-28-13-19(35-23)8-7-15-5-3-2-4-6-15/h2-6,13,16-18,20,26H,9-12,14H2,1H3,(H,27,32)(H,29,31)/t16-,17+,18+,20-/m0/s1. The largest absolute Gasteiger partial charge is 0.453 e. The van der Waals surface area contributed by atoms with Crippen LogP contribution in [-0.2, 0) is 9.53 Å². The number of methoxy groups -OCH3 is 1. The first-order valence-electron chi connectivity index (χ1n) is 11.3. The van der Waals surface area contributed by atoms with Crippen molar-refractivity contribution >= 4 is 17.9 Å². The zero-order valence-corrected chi connectivity index (χ0v) is 19.1. The average molecular weight is 484 g/mol. The molecule has 3 heterocycles. The monoisotopic (exact) mass is 483 g/mol. The molecule has 0 radical (unpaired) electrons. The summed E-state index contributed by atoms with van der Waals surface area (Å²) in [5.41, 5.74) is 0.800. The van der Waals surface area contributed by atoms with Crippen LogP contribution in [0.4, 0.5) is 9.18 Å². The van der Waals surface area contributed by atoms with Gasteiger partial charge in [0.1, 0.15) is 6.17 Å². The van der Waals surface area contributed by atoms with Gasteiger partial charge in [-0.1, -0.05) is 24.1 Å². The maximum atomic E-state index is 13.4. The minimum Gasteiger partial charge on any atom is -0.453 e. The maximum absolute atomic E-state index is 13.4. The highest BCUT2D eigenvalue weighted by atomic mass is 19.1. The third kappa shape index (κ3) is 6.16. The molecule has 0 aliphatic carbocycles. The molecule has 2 fully saturated rings. The fraction of sp³-hybridized carbons (Fsp3) is 0.417. The lowest BCUT2D eigenvalue weighted by Gasteiger charge is -2.22. The Morgan fingerprint density at radius 1 is 1.26 bits per heavy atom. The Labute approximate surface area is 201 Å². The normalized spacial score (nSPS) is 23.3. The zero-order chi connectivity index (χ0) is 24.8. The molecule has 2 saturated heterocycles. The molecule has 4 rings (SSSR count). The number of halogens is 1. The number of amides is 3. The molecular formula is C24H26FN5O5. The maximum Gasteiger partial charge on any atom is 0.409 e. The molecule has 35 heavy (non-hydrogen) atoms. The van der Waals surface area contributed by atoms with Crippen LogP contribution in [0.25, 0.3) is 0 Å². The summed E-state index contributed by atoms with van der Waals surface area (Å²) < 4.78 is 23.7. The molecule has 0 unspecified atom stereocenters. The van der Waals surface area contributed by atoms with Crippen molar-refractivity contribution in [1.82, 2.24) is 25.8 Å². The number of rotatable bonds is 5. The van der Waals surface area contributed by atoms with Crippen LogP contribution in [-0.4, -0.2) is 78.8 Å². The summed E-state index contributed by atoms with van der Waals surface area (Å²) in [4.78, 5) is 42.6. The smallest absolute Gasteiger partial charge is 0.409 e. The topological polar surface area (TPSA) is 126 Å². The van der Waals surface area contributed by atoms with E-state index in [1.54, 1.807) is 0 Å².